The standard InChI is InChI=1S/C13H12Cl2O/c1-8(2)12-5-6-13(16-12)10-4-3-9(14)7-11(10)15/h3-8H,1-2H3. The normalized spacial score (nSPS) is 11.1. The molecule has 2 aromatic rings. The maximum absolute atomic E-state index is 6.11. The highest BCUT2D eigenvalue weighted by atomic mass is 35.5. The van der Waals surface area contributed by atoms with Gasteiger partial charge in [0.25, 0.3) is 0 Å². The van der Waals surface area contributed by atoms with E-state index >= 15 is 0 Å². The minimum atomic E-state index is 0.375. The molecule has 3 heteroatoms. The summed E-state index contributed by atoms with van der Waals surface area (Å²) in [6.07, 6.45) is 0. The molecule has 0 radical (unpaired) electrons. The van der Waals surface area contributed by atoms with Crippen LogP contribution in [-0.2, 0) is 0 Å². The summed E-state index contributed by atoms with van der Waals surface area (Å²) in [7, 11) is 0. The number of halogens is 2. The number of hydrogen-bond donors (Lipinski definition) is 0. The van der Waals surface area contributed by atoms with E-state index in [4.69, 9.17) is 27.6 Å². The molecule has 0 amide bonds. The first-order valence-corrected chi connectivity index (χ1v) is 5.88. The summed E-state index contributed by atoms with van der Waals surface area (Å²) in [6.45, 7) is 4.18. The molecule has 0 N–H and O–H groups in total. The Kier molecular flexibility index (Phi) is 3.27. The Morgan fingerprint density at radius 1 is 1.06 bits per heavy atom. The van der Waals surface area contributed by atoms with Crippen LogP contribution in [-0.4, -0.2) is 0 Å². The van der Waals surface area contributed by atoms with Crippen LogP contribution in [0.3, 0.4) is 0 Å². The Morgan fingerprint density at radius 3 is 2.38 bits per heavy atom. The maximum atomic E-state index is 6.11. The zero-order chi connectivity index (χ0) is 11.7. The predicted molar refractivity (Wildman–Crippen MR) is 68.3 cm³/mol. The second-order valence-electron chi connectivity index (χ2n) is 3.98. The molecule has 0 atom stereocenters. The molecule has 0 unspecified atom stereocenters. The lowest BCUT2D eigenvalue weighted by molar-refractivity contribution is 0.498. The predicted octanol–water partition coefficient (Wildman–Crippen LogP) is 5.38. The number of rotatable bonds is 2. The van der Waals surface area contributed by atoms with Gasteiger partial charge >= 0.3 is 0 Å². The average Bonchev–Trinajstić information content (AvgIpc) is 2.66. The fourth-order valence-corrected chi connectivity index (χ4v) is 2.00. The third kappa shape index (κ3) is 2.26. The van der Waals surface area contributed by atoms with E-state index < -0.39 is 0 Å². The summed E-state index contributed by atoms with van der Waals surface area (Å²) in [5.74, 6) is 2.12. The first-order chi connectivity index (χ1) is 7.58. The molecule has 1 heterocycles. The molecule has 2 rings (SSSR count). The van der Waals surface area contributed by atoms with Crippen LogP contribution in [0.5, 0.6) is 0 Å². The largest absolute Gasteiger partial charge is 0.461 e. The quantitative estimate of drug-likeness (QED) is 0.702. The van der Waals surface area contributed by atoms with E-state index in [1.807, 2.05) is 18.2 Å². The molecule has 0 aliphatic rings. The van der Waals surface area contributed by atoms with Crippen LogP contribution >= 0.6 is 23.2 Å². The summed E-state index contributed by atoms with van der Waals surface area (Å²) in [5.41, 5.74) is 0.873. The number of benzene rings is 1. The van der Waals surface area contributed by atoms with E-state index in [2.05, 4.69) is 13.8 Å². The van der Waals surface area contributed by atoms with Gasteiger partial charge in [-0.1, -0.05) is 37.0 Å². The SMILES string of the molecule is CC(C)c1ccc(-c2ccc(Cl)cc2Cl)o1. The molecule has 0 aliphatic carbocycles. The highest BCUT2D eigenvalue weighted by molar-refractivity contribution is 6.36. The van der Waals surface area contributed by atoms with Crippen molar-refractivity contribution in [2.75, 3.05) is 0 Å². The molecule has 0 saturated carbocycles. The molecule has 0 spiro atoms. The van der Waals surface area contributed by atoms with Crippen molar-refractivity contribution in [2.45, 2.75) is 19.8 Å². The minimum absolute atomic E-state index is 0.375. The molecule has 1 nitrogen and oxygen atoms in total. The summed E-state index contributed by atoms with van der Waals surface area (Å²) < 4.78 is 5.72. The molecular weight excluding hydrogens is 243 g/mol. The second kappa shape index (κ2) is 4.52. The van der Waals surface area contributed by atoms with Crippen molar-refractivity contribution in [3.05, 3.63) is 46.1 Å². The average molecular weight is 255 g/mol. The lowest BCUT2D eigenvalue weighted by Gasteiger charge is -2.02. The third-order valence-electron chi connectivity index (χ3n) is 2.39. The smallest absolute Gasteiger partial charge is 0.135 e. The van der Waals surface area contributed by atoms with Crippen LogP contribution in [0, 0.1) is 0 Å². The van der Waals surface area contributed by atoms with E-state index in [9.17, 15) is 0 Å². The van der Waals surface area contributed by atoms with Gasteiger partial charge in [-0.15, -0.1) is 0 Å². The van der Waals surface area contributed by atoms with E-state index in [0.29, 0.717) is 16.0 Å². The van der Waals surface area contributed by atoms with Crippen molar-refractivity contribution in [1.29, 1.82) is 0 Å². The van der Waals surface area contributed by atoms with Crippen LogP contribution in [0.2, 0.25) is 10.0 Å². The first kappa shape index (κ1) is 11.6. The lowest BCUT2D eigenvalue weighted by Crippen LogP contribution is -1.81. The van der Waals surface area contributed by atoms with E-state index in [1.54, 1.807) is 12.1 Å². The van der Waals surface area contributed by atoms with Gasteiger partial charge in [-0.2, -0.15) is 0 Å². The molecule has 84 valence electrons. The summed E-state index contributed by atoms with van der Waals surface area (Å²) in [5, 5.41) is 1.24. The topological polar surface area (TPSA) is 13.1 Å². The number of hydrogen-bond acceptors (Lipinski definition) is 1. The van der Waals surface area contributed by atoms with Crippen molar-refractivity contribution in [2.24, 2.45) is 0 Å². The van der Waals surface area contributed by atoms with Gasteiger partial charge in [0.1, 0.15) is 11.5 Å². The van der Waals surface area contributed by atoms with Crippen molar-refractivity contribution in [3.8, 4) is 11.3 Å². The number of furan rings is 1. The van der Waals surface area contributed by atoms with E-state index in [0.717, 1.165) is 17.1 Å². The summed E-state index contributed by atoms with van der Waals surface area (Å²) >= 11 is 12.0. The van der Waals surface area contributed by atoms with Gasteiger partial charge in [0.2, 0.25) is 0 Å². The van der Waals surface area contributed by atoms with Crippen LogP contribution in [0.15, 0.2) is 34.7 Å². The Balaban J connectivity index is 2.42. The Hall–Kier alpha value is -0.920. The zero-order valence-corrected chi connectivity index (χ0v) is 10.6. The monoisotopic (exact) mass is 254 g/mol. The Labute approximate surface area is 105 Å². The van der Waals surface area contributed by atoms with Gasteiger partial charge in [0.15, 0.2) is 0 Å². The fraction of sp³-hybridized carbons (Fsp3) is 0.231. The van der Waals surface area contributed by atoms with Crippen LogP contribution in [0.1, 0.15) is 25.5 Å². The van der Waals surface area contributed by atoms with Crippen LogP contribution in [0.25, 0.3) is 11.3 Å². The maximum Gasteiger partial charge on any atom is 0.135 e. The van der Waals surface area contributed by atoms with Gasteiger partial charge in [0, 0.05) is 16.5 Å². The van der Waals surface area contributed by atoms with Crippen molar-refractivity contribution >= 4 is 23.2 Å². The molecular formula is C13H12Cl2O. The second-order valence-corrected chi connectivity index (χ2v) is 4.82. The van der Waals surface area contributed by atoms with Gasteiger partial charge in [-0.3, -0.25) is 0 Å². The van der Waals surface area contributed by atoms with Gasteiger partial charge in [0.05, 0.1) is 5.02 Å². The van der Waals surface area contributed by atoms with Gasteiger partial charge < -0.3 is 4.42 Å². The molecule has 0 bridgehead atoms. The zero-order valence-electron chi connectivity index (χ0n) is 9.13. The molecule has 1 aromatic carbocycles. The minimum Gasteiger partial charge on any atom is -0.461 e. The van der Waals surface area contributed by atoms with Crippen molar-refractivity contribution in [1.82, 2.24) is 0 Å². The molecule has 0 aliphatic heterocycles. The Morgan fingerprint density at radius 2 is 1.81 bits per heavy atom. The Bertz CT molecular complexity index is 500. The lowest BCUT2D eigenvalue weighted by atomic mass is 10.1. The van der Waals surface area contributed by atoms with Crippen LogP contribution in [0.4, 0.5) is 0 Å². The summed E-state index contributed by atoms with van der Waals surface area (Å²) in [4.78, 5) is 0. The summed E-state index contributed by atoms with van der Waals surface area (Å²) in [6, 6.07) is 9.30. The van der Waals surface area contributed by atoms with Crippen LogP contribution < -0.4 is 0 Å². The molecule has 1 aromatic heterocycles. The molecule has 0 fully saturated rings. The van der Waals surface area contributed by atoms with Gasteiger partial charge in [-0.05, 0) is 30.3 Å². The first-order valence-electron chi connectivity index (χ1n) is 5.13. The van der Waals surface area contributed by atoms with Crippen molar-refractivity contribution in [3.63, 3.8) is 0 Å². The van der Waals surface area contributed by atoms with Crippen molar-refractivity contribution < 1.29 is 4.42 Å². The van der Waals surface area contributed by atoms with E-state index in [-0.39, 0.29) is 0 Å². The molecule has 0 saturated heterocycles. The van der Waals surface area contributed by atoms with E-state index in [1.165, 1.54) is 0 Å². The molecule has 16 heavy (non-hydrogen) atoms. The highest BCUT2D eigenvalue weighted by Gasteiger charge is 2.10. The highest BCUT2D eigenvalue weighted by Crippen LogP contribution is 2.32. The third-order valence-corrected chi connectivity index (χ3v) is 2.94. The van der Waals surface area contributed by atoms with Gasteiger partial charge in [-0.25, -0.2) is 0 Å². The fourth-order valence-electron chi connectivity index (χ4n) is 1.50.